The molecule has 0 spiro atoms. The number of nitrogens with zero attached hydrogens (tertiary/aromatic N) is 1. The predicted octanol–water partition coefficient (Wildman–Crippen LogP) is 4.72. The Balaban J connectivity index is 1.79. The molecule has 0 atom stereocenters. The van der Waals surface area contributed by atoms with Gasteiger partial charge in [0.15, 0.2) is 0 Å². The smallest absolute Gasteiger partial charge is 0.255 e. The zero-order valence-corrected chi connectivity index (χ0v) is 15.6. The van der Waals surface area contributed by atoms with E-state index in [0.717, 1.165) is 30.4 Å². The second-order valence-electron chi connectivity index (χ2n) is 6.21. The van der Waals surface area contributed by atoms with Crippen LogP contribution in [0.4, 0.5) is 5.69 Å². The Hall–Kier alpha value is -2.14. The molecule has 2 aromatic rings. The molecule has 3 rings (SSSR count). The number of hydrogen-bond donors (Lipinski definition) is 1. The molecule has 5 heteroatoms. The molecule has 130 valence electrons. The summed E-state index contributed by atoms with van der Waals surface area (Å²) < 4.78 is 0.917. The van der Waals surface area contributed by atoms with Gasteiger partial charge in [-0.1, -0.05) is 40.9 Å². The molecule has 0 bridgehead atoms. The summed E-state index contributed by atoms with van der Waals surface area (Å²) in [7, 11) is 0. The summed E-state index contributed by atoms with van der Waals surface area (Å²) in [6, 6.07) is 14.4. The maximum absolute atomic E-state index is 12.9. The SMILES string of the molecule is O=C(Nc1ccccc1C(=O)N1CCCCCC1)c1ccc(Br)cc1. The lowest BCUT2D eigenvalue weighted by Crippen LogP contribution is -2.32. The minimum Gasteiger partial charge on any atom is -0.339 e. The Bertz CT molecular complexity index is 751. The number of para-hydroxylation sites is 1. The van der Waals surface area contributed by atoms with E-state index in [-0.39, 0.29) is 11.8 Å². The number of benzene rings is 2. The van der Waals surface area contributed by atoms with E-state index in [0.29, 0.717) is 16.8 Å². The molecular formula is C20H21BrN2O2. The summed E-state index contributed by atoms with van der Waals surface area (Å²) in [6.45, 7) is 1.57. The van der Waals surface area contributed by atoms with E-state index in [2.05, 4.69) is 21.2 Å². The number of amides is 2. The van der Waals surface area contributed by atoms with E-state index < -0.39 is 0 Å². The lowest BCUT2D eigenvalue weighted by atomic mass is 10.1. The topological polar surface area (TPSA) is 49.4 Å². The Morgan fingerprint density at radius 2 is 1.52 bits per heavy atom. The van der Waals surface area contributed by atoms with E-state index in [4.69, 9.17) is 0 Å². The normalized spacial score (nSPS) is 14.7. The Labute approximate surface area is 156 Å². The van der Waals surface area contributed by atoms with Crippen LogP contribution in [-0.2, 0) is 0 Å². The Morgan fingerprint density at radius 1 is 0.880 bits per heavy atom. The number of likely N-dealkylation sites (tertiary alicyclic amines) is 1. The van der Waals surface area contributed by atoms with Crippen LogP contribution in [0.15, 0.2) is 53.0 Å². The highest BCUT2D eigenvalue weighted by atomic mass is 79.9. The summed E-state index contributed by atoms with van der Waals surface area (Å²) in [4.78, 5) is 27.3. The summed E-state index contributed by atoms with van der Waals surface area (Å²) in [5, 5.41) is 2.88. The van der Waals surface area contributed by atoms with Crippen molar-refractivity contribution < 1.29 is 9.59 Å². The van der Waals surface area contributed by atoms with Gasteiger partial charge in [-0.25, -0.2) is 0 Å². The molecule has 0 aromatic heterocycles. The molecular weight excluding hydrogens is 380 g/mol. The van der Waals surface area contributed by atoms with Crippen LogP contribution < -0.4 is 5.32 Å². The fraction of sp³-hybridized carbons (Fsp3) is 0.300. The first kappa shape index (κ1) is 17.7. The zero-order chi connectivity index (χ0) is 17.6. The van der Waals surface area contributed by atoms with Crippen molar-refractivity contribution in [2.75, 3.05) is 18.4 Å². The van der Waals surface area contributed by atoms with Crippen molar-refractivity contribution >= 4 is 33.4 Å². The molecule has 2 amide bonds. The predicted molar refractivity (Wildman–Crippen MR) is 103 cm³/mol. The monoisotopic (exact) mass is 400 g/mol. The molecule has 0 saturated carbocycles. The first-order valence-corrected chi connectivity index (χ1v) is 9.40. The second-order valence-corrected chi connectivity index (χ2v) is 7.13. The van der Waals surface area contributed by atoms with Crippen LogP contribution in [0.2, 0.25) is 0 Å². The number of rotatable bonds is 3. The maximum atomic E-state index is 12.9. The van der Waals surface area contributed by atoms with Crippen molar-refractivity contribution in [1.29, 1.82) is 0 Å². The van der Waals surface area contributed by atoms with E-state index >= 15 is 0 Å². The molecule has 0 radical (unpaired) electrons. The third kappa shape index (κ3) is 4.48. The number of nitrogens with one attached hydrogen (secondary N) is 1. The van der Waals surface area contributed by atoms with Gasteiger partial charge in [-0.3, -0.25) is 9.59 Å². The van der Waals surface area contributed by atoms with Crippen LogP contribution in [0.3, 0.4) is 0 Å². The van der Waals surface area contributed by atoms with Crippen molar-refractivity contribution in [3.05, 3.63) is 64.1 Å². The summed E-state index contributed by atoms with van der Waals surface area (Å²) in [6.07, 6.45) is 4.43. The van der Waals surface area contributed by atoms with Crippen LogP contribution >= 0.6 is 15.9 Å². The van der Waals surface area contributed by atoms with E-state index in [1.54, 1.807) is 24.3 Å². The molecule has 25 heavy (non-hydrogen) atoms. The van der Waals surface area contributed by atoms with Crippen LogP contribution in [0.1, 0.15) is 46.4 Å². The maximum Gasteiger partial charge on any atom is 0.255 e. The minimum atomic E-state index is -0.219. The molecule has 2 aromatic carbocycles. The van der Waals surface area contributed by atoms with Gasteiger partial charge < -0.3 is 10.2 Å². The van der Waals surface area contributed by atoms with Gasteiger partial charge in [0.25, 0.3) is 11.8 Å². The number of halogens is 1. The summed E-state index contributed by atoms with van der Waals surface area (Å²) in [5.74, 6) is -0.225. The fourth-order valence-corrected chi connectivity index (χ4v) is 3.28. The van der Waals surface area contributed by atoms with Crippen molar-refractivity contribution in [2.45, 2.75) is 25.7 Å². The molecule has 1 heterocycles. The second kappa shape index (κ2) is 8.30. The molecule has 4 nitrogen and oxygen atoms in total. The molecule has 0 unspecified atom stereocenters. The number of carbonyl (C=O) groups excluding carboxylic acids is 2. The third-order valence-corrected chi connectivity index (χ3v) is 4.93. The fourth-order valence-electron chi connectivity index (χ4n) is 3.02. The van der Waals surface area contributed by atoms with Crippen LogP contribution in [0, 0.1) is 0 Å². The largest absolute Gasteiger partial charge is 0.339 e. The van der Waals surface area contributed by atoms with Crippen LogP contribution in [0.25, 0.3) is 0 Å². The molecule has 1 aliphatic rings. The number of anilines is 1. The summed E-state index contributed by atoms with van der Waals surface area (Å²) >= 11 is 3.36. The van der Waals surface area contributed by atoms with E-state index in [9.17, 15) is 9.59 Å². The van der Waals surface area contributed by atoms with Crippen molar-refractivity contribution in [2.24, 2.45) is 0 Å². The molecule has 0 aliphatic carbocycles. The first-order valence-electron chi connectivity index (χ1n) is 8.60. The lowest BCUT2D eigenvalue weighted by Gasteiger charge is -2.22. The highest BCUT2D eigenvalue weighted by Crippen LogP contribution is 2.21. The van der Waals surface area contributed by atoms with Gasteiger partial charge in [0, 0.05) is 23.1 Å². The van der Waals surface area contributed by atoms with E-state index in [1.165, 1.54) is 12.8 Å². The molecule has 1 aliphatic heterocycles. The average molecular weight is 401 g/mol. The standard InChI is InChI=1S/C20H21BrN2O2/c21-16-11-9-15(10-12-16)19(24)22-18-8-4-3-7-17(18)20(25)23-13-5-1-2-6-14-23/h3-4,7-12H,1-2,5-6,13-14H2,(H,22,24). The van der Waals surface area contributed by atoms with Crippen molar-refractivity contribution in [3.63, 3.8) is 0 Å². The van der Waals surface area contributed by atoms with Crippen LogP contribution in [-0.4, -0.2) is 29.8 Å². The quantitative estimate of drug-likeness (QED) is 0.809. The van der Waals surface area contributed by atoms with Gasteiger partial charge in [0.05, 0.1) is 11.3 Å². The minimum absolute atomic E-state index is 0.00592. The van der Waals surface area contributed by atoms with Gasteiger partial charge >= 0.3 is 0 Å². The van der Waals surface area contributed by atoms with Crippen molar-refractivity contribution in [1.82, 2.24) is 4.90 Å². The number of carbonyl (C=O) groups is 2. The van der Waals surface area contributed by atoms with Gasteiger partial charge in [-0.15, -0.1) is 0 Å². The Kier molecular flexibility index (Phi) is 5.87. The lowest BCUT2D eigenvalue weighted by molar-refractivity contribution is 0.0762. The third-order valence-electron chi connectivity index (χ3n) is 4.41. The summed E-state index contributed by atoms with van der Waals surface area (Å²) in [5.41, 5.74) is 1.67. The Morgan fingerprint density at radius 3 is 2.20 bits per heavy atom. The van der Waals surface area contributed by atoms with E-state index in [1.807, 2.05) is 29.2 Å². The zero-order valence-electron chi connectivity index (χ0n) is 14.0. The van der Waals surface area contributed by atoms with Gasteiger partial charge in [-0.2, -0.15) is 0 Å². The first-order chi connectivity index (χ1) is 12.1. The average Bonchev–Trinajstić information content (AvgIpc) is 2.91. The van der Waals surface area contributed by atoms with Gasteiger partial charge in [-0.05, 0) is 49.2 Å². The number of hydrogen-bond acceptors (Lipinski definition) is 2. The molecule has 1 N–H and O–H groups in total. The highest BCUT2D eigenvalue weighted by Gasteiger charge is 2.20. The molecule has 1 fully saturated rings. The highest BCUT2D eigenvalue weighted by molar-refractivity contribution is 9.10. The molecule has 1 saturated heterocycles. The van der Waals surface area contributed by atoms with Crippen molar-refractivity contribution in [3.8, 4) is 0 Å². The van der Waals surface area contributed by atoms with Gasteiger partial charge in [0.1, 0.15) is 0 Å². The van der Waals surface area contributed by atoms with Gasteiger partial charge in [0.2, 0.25) is 0 Å². The van der Waals surface area contributed by atoms with Crippen LogP contribution in [0.5, 0.6) is 0 Å².